The molecule has 5 atom stereocenters. The van der Waals surface area contributed by atoms with Crippen LogP contribution < -0.4 is 0 Å². The van der Waals surface area contributed by atoms with Crippen molar-refractivity contribution in [3.8, 4) is 0 Å². The van der Waals surface area contributed by atoms with E-state index in [0.29, 0.717) is 17.6 Å². The highest BCUT2D eigenvalue weighted by molar-refractivity contribution is 5.91. The van der Waals surface area contributed by atoms with E-state index < -0.39 is 0 Å². The average Bonchev–Trinajstić information content (AvgIpc) is 2.97. The number of fused-ring (bicyclic) bond motifs is 5. The van der Waals surface area contributed by atoms with E-state index in [0.717, 1.165) is 43.1 Å². The van der Waals surface area contributed by atoms with Crippen LogP contribution in [-0.4, -0.2) is 18.9 Å². The predicted octanol–water partition coefficient (Wildman–Crippen LogP) is 4.62. The molecule has 0 heterocycles. The number of ketones is 1. The second-order valence-corrected chi connectivity index (χ2v) is 8.89. The zero-order chi connectivity index (χ0) is 17.8. The molecule has 0 aromatic rings. The van der Waals surface area contributed by atoms with Gasteiger partial charge >= 0.3 is 5.97 Å². The Morgan fingerprint density at radius 3 is 2.68 bits per heavy atom. The van der Waals surface area contributed by atoms with Crippen LogP contribution in [0.5, 0.6) is 0 Å². The van der Waals surface area contributed by atoms with Crippen LogP contribution in [-0.2, 0) is 14.3 Å². The molecular weight excluding hydrogens is 312 g/mol. The minimum Gasteiger partial charge on any atom is -0.466 e. The van der Waals surface area contributed by atoms with Crippen molar-refractivity contribution in [2.75, 3.05) is 7.11 Å². The van der Waals surface area contributed by atoms with Crippen molar-refractivity contribution < 1.29 is 14.3 Å². The molecule has 3 saturated carbocycles. The number of esters is 1. The fourth-order valence-corrected chi connectivity index (χ4v) is 6.89. The van der Waals surface area contributed by atoms with E-state index in [-0.39, 0.29) is 11.4 Å². The van der Waals surface area contributed by atoms with Gasteiger partial charge in [-0.2, -0.15) is 0 Å². The Balaban J connectivity index is 1.63. The van der Waals surface area contributed by atoms with Gasteiger partial charge in [-0.05, 0) is 87.0 Å². The lowest BCUT2D eigenvalue weighted by Crippen LogP contribution is -2.45. The molecule has 0 amide bonds. The molecule has 0 radical (unpaired) electrons. The van der Waals surface area contributed by atoms with Crippen molar-refractivity contribution >= 4 is 11.8 Å². The van der Waals surface area contributed by atoms with Crippen LogP contribution in [0, 0.1) is 29.1 Å². The summed E-state index contributed by atoms with van der Waals surface area (Å²) >= 11 is 0. The molecule has 0 aromatic carbocycles. The second-order valence-electron chi connectivity index (χ2n) is 8.89. The highest BCUT2D eigenvalue weighted by Gasteiger charge is 2.54. The summed E-state index contributed by atoms with van der Waals surface area (Å²) in [4.78, 5) is 23.9. The fraction of sp³-hybridized carbons (Fsp3) is 0.727. The van der Waals surface area contributed by atoms with Gasteiger partial charge in [0.05, 0.1) is 7.11 Å². The topological polar surface area (TPSA) is 43.4 Å². The molecule has 0 bridgehead atoms. The first kappa shape index (κ1) is 17.1. The molecule has 25 heavy (non-hydrogen) atoms. The maximum atomic E-state index is 12.1. The van der Waals surface area contributed by atoms with E-state index in [4.69, 9.17) is 4.74 Å². The van der Waals surface area contributed by atoms with Gasteiger partial charge in [0, 0.05) is 12.0 Å². The van der Waals surface area contributed by atoms with Gasteiger partial charge in [0.15, 0.2) is 5.78 Å². The highest BCUT2D eigenvalue weighted by atomic mass is 16.5. The van der Waals surface area contributed by atoms with E-state index in [2.05, 4.69) is 6.92 Å². The minimum absolute atomic E-state index is 0.154. The van der Waals surface area contributed by atoms with Gasteiger partial charge in [0.25, 0.3) is 0 Å². The Labute approximate surface area is 150 Å². The molecule has 0 aromatic heterocycles. The Morgan fingerprint density at radius 1 is 1.12 bits per heavy atom. The summed E-state index contributed by atoms with van der Waals surface area (Å²) in [6, 6.07) is 0. The number of allylic oxidation sites excluding steroid dienone is 2. The molecule has 136 valence electrons. The molecule has 4 aliphatic rings. The SMILES string of the molecule is COC(=O)/C(C)=C1\CC[C@H]2[C@@H]3CCC4=CC(=O)CC[C@@H]4[C@H]3CC[C@]12C. The standard InChI is InChI=1S/C22H30O3/c1-13(21(24)25-3)19-8-9-20-18-6-4-14-12-15(23)5-7-16(14)17(18)10-11-22(19,20)2/h12,16-18,20H,4-11H2,1-3H3/b19-13+/t16-,17+,18+,20-,22+/m0/s1. The molecule has 0 N–H and O–H groups in total. The van der Waals surface area contributed by atoms with Crippen molar-refractivity contribution in [2.45, 2.75) is 65.2 Å². The summed E-state index contributed by atoms with van der Waals surface area (Å²) < 4.78 is 5.00. The minimum atomic E-state index is -0.154. The second kappa shape index (κ2) is 6.10. The number of ether oxygens (including phenoxy) is 1. The Hall–Kier alpha value is -1.38. The summed E-state index contributed by atoms with van der Waals surface area (Å²) in [6.07, 6.45) is 10.8. The molecule has 3 nitrogen and oxygen atoms in total. The monoisotopic (exact) mass is 342 g/mol. The van der Waals surface area contributed by atoms with Crippen molar-refractivity contribution in [1.29, 1.82) is 0 Å². The Kier molecular flexibility index (Phi) is 4.16. The molecule has 3 fully saturated rings. The first-order valence-electron chi connectivity index (χ1n) is 9.97. The maximum absolute atomic E-state index is 12.1. The van der Waals surface area contributed by atoms with E-state index >= 15 is 0 Å². The summed E-state index contributed by atoms with van der Waals surface area (Å²) in [7, 11) is 1.48. The average molecular weight is 342 g/mol. The number of hydrogen-bond acceptors (Lipinski definition) is 3. The van der Waals surface area contributed by atoms with Crippen LogP contribution in [0.15, 0.2) is 22.8 Å². The zero-order valence-corrected chi connectivity index (χ0v) is 15.8. The maximum Gasteiger partial charge on any atom is 0.333 e. The van der Waals surface area contributed by atoms with Crippen molar-refractivity contribution in [1.82, 2.24) is 0 Å². The third-order valence-corrected chi connectivity index (χ3v) is 8.03. The van der Waals surface area contributed by atoms with E-state index in [1.54, 1.807) is 0 Å². The summed E-state index contributed by atoms with van der Waals surface area (Å²) in [5, 5.41) is 0. The number of carbonyl (C=O) groups is 2. The van der Waals surface area contributed by atoms with Crippen molar-refractivity contribution in [3.05, 3.63) is 22.8 Å². The predicted molar refractivity (Wildman–Crippen MR) is 96.8 cm³/mol. The summed E-state index contributed by atoms with van der Waals surface area (Å²) in [5.74, 6) is 3.04. The van der Waals surface area contributed by atoms with Crippen LogP contribution in [0.3, 0.4) is 0 Å². The molecule has 4 aliphatic carbocycles. The zero-order valence-electron chi connectivity index (χ0n) is 15.8. The van der Waals surface area contributed by atoms with Crippen LogP contribution in [0.2, 0.25) is 0 Å². The molecule has 3 heteroatoms. The number of carbonyl (C=O) groups excluding carboxylic acids is 2. The van der Waals surface area contributed by atoms with Crippen molar-refractivity contribution in [2.24, 2.45) is 29.1 Å². The number of rotatable bonds is 1. The summed E-state index contributed by atoms with van der Waals surface area (Å²) in [6.45, 7) is 4.35. The smallest absolute Gasteiger partial charge is 0.333 e. The van der Waals surface area contributed by atoms with Crippen molar-refractivity contribution in [3.63, 3.8) is 0 Å². The highest BCUT2D eigenvalue weighted by Crippen LogP contribution is 2.63. The Morgan fingerprint density at radius 2 is 1.92 bits per heavy atom. The van der Waals surface area contributed by atoms with Crippen LogP contribution in [0.4, 0.5) is 0 Å². The van der Waals surface area contributed by atoms with Gasteiger partial charge in [-0.15, -0.1) is 0 Å². The summed E-state index contributed by atoms with van der Waals surface area (Å²) in [5.41, 5.74) is 3.83. The third-order valence-electron chi connectivity index (χ3n) is 8.03. The first-order chi connectivity index (χ1) is 12.0. The van der Waals surface area contributed by atoms with Crippen LogP contribution >= 0.6 is 0 Å². The van der Waals surface area contributed by atoms with Gasteiger partial charge in [0.1, 0.15) is 0 Å². The number of hydrogen-bond donors (Lipinski definition) is 0. The van der Waals surface area contributed by atoms with Gasteiger partial charge in [-0.25, -0.2) is 4.79 Å². The van der Waals surface area contributed by atoms with Gasteiger partial charge in [0.2, 0.25) is 0 Å². The quantitative estimate of drug-likeness (QED) is 0.516. The van der Waals surface area contributed by atoms with Crippen LogP contribution in [0.1, 0.15) is 65.2 Å². The van der Waals surface area contributed by atoms with Gasteiger partial charge in [-0.3, -0.25) is 4.79 Å². The lowest BCUT2D eigenvalue weighted by molar-refractivity contribution is -0.136. The molecule has 0 unspecified atom stereocenters. The fourth-order valence-electron chi connectivity index (χ4n) is 6.89. The lowest BCUT2D eigenvalue weighted by Gasteiger charge is -2.53. The normalized spacial score (nSPS) is 42.0. The molecule has 0 saturated heterocycles. The molecular formula is C22H30O3. The molecule has 4 rings (SSSR count). The van der Waals surface area contributed by atoms with Gasteiger partial charge < -0.3 is 4.74 Å². The largest absolute Gasteiger partial charge is 0.466 e. The molecule has 0 aliphatic heterocycles. The van der Waals surface area contributed by atoms with E-state index in [1.807, 2.05) is 13.0 Å². The first-order valence-corrected chi connectivity index (χ1v) is 9.97. The van der Waals surface area contributed by atoms with E-state index in [9.17, 15) is 9.59 Å². The lowest BCUT2D eigenvalue weighted by atomic mass is 9.52. The number of methoxy groups -OCH3 is 1. The molecule has 0 spiro atoms. The third kappa shape index (κ3) is 2.53. The van der Waals surface area contributed by atoms with E-state index in [1.165, 1.54) is 43.9 Å². The van der Waals surface area contributed by atoms with Gasteiger partial charge in [-0.1, -0.05) is 18.1 Å². The Bertz CT molecular complexity index is 671. The van der Waals surface area contributed by atoms with Crippen LogP contribution in [0.25, 0.3) is 0 Å².